The average molecular weight is 457 g/mol. The van der Waals surface area contributed by atoms with E-state index < -0.39 is 6.17 Å². The average Bonchev–Trinajstić information content (AvgIpc) is 2.82. The second-order valence-corrected chi connectivity index (χ2v) is 9.52. The van der Waals surface area contributed by atoms with Crippen molar-refractivity contribution in [2.24, 2.45) is 5.92 Å². The molecule has 0 aliphatic carbocycles. The number of hydrogen-bond donors (Lipinski definition) is 0. The number of halogens is 1. The van der Waals surface area contributed by atoms with Crippen LogP contribution in [0.5, 0.6) is 5.75 Å². The van der Waals surface area contributed by atoms with Gasteiger partial charge < -0.3 is 4.74 Å². The van der Waals surface area contributed by atoms with Gasteiger partial charge in [-0.15, -0.1) is 0 Å². The van der Waals surface area contributed by atoms with Crippen LogP contribution in [0.2, 0.25) is 0 Å². The smallest absolute Gasteiger partial charge is 0.159 e. The Morgan fingerprint density at radius 3 is 2.18 bits per heavy atom. The predicted octanol–water partition coefficient (Wildman–Crippen LogP) is 8.76. The second kappa shape index (κ2) is 16.6. The molecule has 1 heterocycles. The molecule has 4 heteroatoms. The Bertz CT molecular complexity index is 732. The third kappa shape index (κ3) is 11.6. The van der Waals surface area contributed by atoms with E-state index in [1.54, 1.807) is 0 Å². The molecule has 0 saturated heterocycles. The van der Waals surface area contributed by atoms with Gasteiger partial charge in [-0.2, -0.15) is 0 Å². The molecule has 2 aromatic rings. The molecule has 0 fully saturated rings. The van der Waals surface area contributed by atoms with Gasteiger partial charge in [0.2, 0.25) is 0 Å². The number of unbranched alkanes of at least 4 members (excludes halogenated alkanes) is 5. The predicted molar refractivity (Wildman–Crippen MR) is 137 cm³/mol. The van der Waals surface area contributed by atoms with Crippen LogP contribution in [0.15, 0.2) is 36.7 Å². The number of hydrogen-bond acceptors (Lipinski definition) is 3. The van der Waals surface area contributed by atoms with Gasteiger partial charge in [0.15, 0.2) is 5.82 Å². The molecule has 0 aliphatic heterocycles. The number of rotatable bonds is 18. The Morgan fingerprint density at radius 2 is 1.48 bits per heavy atom. The van der Waals surface area contributed by atoms with Crippen LogP contribution in [0.3, 0.4) is 0 Å². The zero-order valence-corrected chi connectivity index (χ0v) is 21.2. The fourth-order valence-corrected chi connectivity index (χ4v) is 4.22. The summed E-state index contributed by atoms with van der Waals surface area (Å²) < 4.78 is 19.9. The summed E-state index contributed by atoms with van der Waals surface area (Å²) in [6.45, 7) is 7.13. The molecule has 2 unspecified atom stereocenters. The van der Waals surface area contributed by atoms with Gasteiger partial charge in [-0.25, -0.2) is 14.4 Å². The van der Waals surface area contributed by atoms with E-state index >= 15 is 0 Å². The number of ether oxygens (including phenoxy) is 1. The van der Waals surface area contributed by atoms with Crippen molar-refractivity contribution in [2.75, 3.05) is 6.61 Å². The van der Waals surface area contributed by atoms with Crippen LogP contribution in [0, 0.1) is 5.92 Å². The van der Waals surface area contributed by atoms with Crippen molar-refractivity contribution in [3.63, 3.8) is 0 Å². The van der Waals surface area contributed by atoms with Crippen molar-refractivity contribution in [1.29, 1.82) is 0 Å². The van der Waals surface area contributed by atoms with Gasteiger partial charge in [0, 0.05) is 24.4 Å². The highest BCUT2D eigenvalue weighted by molar-refractivity contribution is 5.55. The van der Waals surface area contributed by atoms with E-state index in [4.69, 9.17) is 4.74 Å². The van der Waals surface area contributed by atoms with E-state index in [0.717, 1.165) is 36.4 Å². The van der Waals surface area contributed by atoms with E-state index in [1.807, 2.05) is 36.7 Å². The van der Waals surface area contributed by atoms with Crippen LogP contribution in [0.4, 0.5) is 4.39 Å². The van der Waals surface area contributed by atoms with Gasteiger partial charge in [-0.1, -0.05) is 78.6 Å². The van der Waals surface area contributed by atoms with Crippen LogP contribution >= 0.6 is 0 Å². The molecule has 3 nitrogen and oxygen atoms in total. The highest BCUT2D eigenvalue weighted by Gasteiger charge is 2.09. The fourth-order valence-electron chi connectivity index (χ4n) is 4.22. The Labute approximate surface area is 201 Å². The molecule has 0 N–H and O–H groups in total. The van der Waals surface area contributed by atoms with E-state index in [0.29, 0.717) is 25.4 Å². The van der Waals surface area contributed by atoms with E-state index in [-0.39, 0.29) is 0 Å². The molecule has 0 radical (unpaired) electrons. The first kappa shape index (κ1) is 27.3. The minimum absolute atomic E-state index is 0.411. The maximum absolute atomic E-state index is 14.1. The summed E-state index contributed by atoms with van der Waals surface area (Å²) in [4.78, 5) is 9.09. The largest absolute Gasteiger partial charge is 0.493 e. The fraction of sp³-hybridized carbons (Fsp3) is 0.655. The van der Waals surface area contributed by atoms with Crippen LogP contribution in [0.1, 0.15) is 103 Å². The molecule has 2 atom stereocenters. The lowest BCUT2D eigenvalue weighted by Gasteiger charge is -2.12. The zero-order valence-electron chi connectivity index (χ0n) is 21.2. The number of alkyl halides is 1. The second-order valence-electron chi connectivity index (χ2n) is 9.52. The first-order valence-corrected chi connectivity index (χ1v) is 13.3. The molecule has 184 valence electrons. The molecule has 0 aliphatic rings. The molecular weight excluding hydrogens is 411 g/mol. The normalized spacial score (nSPS) is 13.1. The molecular formula is C29H45FN2O. The third-order valence-electron chi connectivity index (χ3n) is 6.33. The van der Waals surface area contributed by atoms with E-state index in [2.05, 4.69) is 30.7 Å². The number of aromatic nitrogens is 2. The van der Waals surface area contributed by atoms with Crippen molar-refractivity contribution in [2.45, 2.75) is 110 Å². The highest BCUT2D eigenvalue weighted by Crippen LogP contribution is 2.21. The molecule has 33 heavy (non-hydrogen) atoms. The molecule has 0 bridgehead atoms. The Morgan fingerprint density at radius 1 is 0.788 bits per heavy atom. The Kier molecular flexibility index (Phi) is 13.7. The van der Waals surface area contributed by atoms with Crippen molar-refractivity contribution < 1.29 is 9.13 Å². The van der Waals surface area contributed by atoms with Crippen LogP contribution < -0.4 is 4.74 Å². The van der Waals surface area contributed by atoms with Gasteiger partial charge in [-0.3, -0.25) is 0 Å². The standard InChI is InChI=1S/C29H45FN2O/c1-4-6-7-8-9-10-14-25-22-31-29(32-23-25)26-16-18-28(19-17-26)33-21-20-27(30)15-11-13-24(3)12-5-2/h16-19,22-24,27H,4-15,20-21H2,1-3H3. The summed E-state index contributed by atoms with van der Waals surface area (Å²) in [6, 6.07) is 7.78. The summed E-state index contributed by atoms with van der Waals surface area (Å²) in [5.74, 6) is 2.20. The summed E-state index contributed by atoms with van der Waals surface area (Å²) in [7, 11) is 0. The van der Waals surface area contributed by atoms with Crippen molar-refractivity contribution in [3.05, 3.63) is 42.2 Å². The summed E-state index contributed by atoms with van der Waals surface area (Å²) in [6.07, 6.45) is 17.6. The van der Waals surface area contributed by atoms with Crippen LogP contribution in [-0.2, 0) is 6.42 Å². The van der Waals surface area contributed by atoms with Crippen LogP contribution in [-0.4, -0.2) is 22.7 Å². The molecule has 0 saturated carbocycles. The SMILES string of the molecule is CCCCCCCCc1cnc(-c2ccc(OCCC(F)CCCC(C)CCC)cc2)nc1. The molecule has 1 aromatic heterocycles. The van der Waals surface area contributed by atoms with E-state index in [1.165, 1.54) is 56.9 Å². The molecule has 2 rings (SSSR count). The van der Waals surface area contributed by atoms with Crippen molar-refractivity contribution in [3.8, 4) is 17.1 Å². The lowest BCUT2D eigenvalue weighted by Crippen LogP contribution is -2.08. The minimum atomic E-state index is -0.777. The number of benzene rings is 1. The molecule has 0 amide bonds. The van der Waals surface area contributed by atoms with E-state index in [9.17, 15) is 4.39 Å². The lowest BCUT2D eigenvalue weighted by atomic mass is 9.98. The van der Waals surface area contributed by atoms with Crippen molar-refractivity contribution in [1.82, 2.24) is 9.97 Å². The van der Waals surface area contributed by atoms with Crippen molar-refractivity contribution >= 4 is 0 Å². The molecule has 1 aromatic carbocycles. The monoisotopic (exact) mass is 456 g/mol. The first-order chi connectivity index (χ1) is 16.1. The highest BCUT2D eigenvalue weighted by atomic mass is 19.1. The Balaban J connectivity index is 1.66. The van der Waals surface area contributed by atoms with Crippen LogP contribution in [0.25, 0.3) is 11.4 Å². The summed E-state index contributed by atoms with van der Waals surface area (Å²) in [5.41, 5.74) is 2.17. The van der Waals surface area contributed by atoms with Gasteiger partial charge in [-0.05, 0) is 55.0 Å². The third-order valence-corrected chi connectivity index (χ3v) is 6.33. The first-order valence-electron chi connectivity index (χ1n) is 13.3. The topological polar surface area (TPSA) is 35.0 Å². The van der Waals surface area contributed by atoms with Gasteiger partial charge in [0.25, 0.3) is 0 Å². The molecule has 0 spiro atoms. The lowest BCUT2D eigenvalue weighted by molar-refractivity contribution is 0.220. The number of nitrogens with zero attached hydrogens (tertiary/aromatic N) is 2. The van der Waals surface area contributed by atoms with Gasteiger partial charge >= 0.3 is 0 Å². The maximum Gasteiger partial charge on any atom is 0.159 e. The quantitative estimate of drug-likeness (QED) is 0.210. The number of aryl methyl sites for hydroxylation is 1. The maximum atomic E-state index is 14.1. The summed E-state index contributed by atoms with van der Waals surface area (Å²) >= 11 is 0. The van der Waals surface area contributed by atoms with Gasteiger partial charge in [0.1, 0.15) is 11.9 Å². The zero-order chi connectivity index (χ0) is 23.7. The Hall–Kier alpha value is -1.97. The minimum Gasteiger partial charge on any atom is -0.493 e. The summed E-state index contributed by atoms with van der Waals surface area (Å²) in [5, 5.41) is 0. The van der Waals surface area contributed by atoms with Gasteiger partial charge in [0.05, 0.1) is 6.61 Å².